The summed E-state index contributed by atoms with van der Waals surface area (Å²) in [5.74, 6) is 1.40. The molecule has 3 heterocycles. The van der Waals surface area contributed by atoms with E-state index in [0.717, 1.165) is 57.1 Å². The molecule has 0 unspecified atom stereocenters. The Morgan fingerprint density at radius 2 is 1.71 bits per heavy atom. The number of ether oxygens (including phenoxy) is 4. The second-order valence-corrected chi connectivity index (χ2v) is 7.28. The summed E-state index contributed by atoms with van der Waals surface area (Å²) >= 11 is 0. The van der Waals surface area contributed by atoms with Crippen molar-refractivity contribution in [3.8, 4) is 11.5 Å². The first kappa shape index (κ1) is 19.3. The topological polar surface area (TPSA) is 72.5 Å². The van der Waals surface area contributed by atoms with Gasteiger partial charge in [0.2, 0.25) is 0 Å². The second-order valence-electron chi connectivity index (χ2n) is 7.28. The predicted octanol–water partition coefficient (Wildman–Crippen LogP) is 1.80. The van der Waals surface area contributed by atoms with Crippen molar-refractivity contribution >= 4 is 11.7 Å². The third kappa shape index (κ3) is 4.87. The molecule has 4 rings (SSSR count). The average molecular weight is 391 g/mol. The molecule has 0 bridgehead atoms. The van der Waals surface area contributed by atoms with Crippen LogP contribution in [0.4, 0.5) is 10.5 Å². The van der Waals surface area contributed by atoms with Crippen LogP contribution in [0.25, 0.3) is 0 Å². The number of hydrogen-bond acceptors (Lipinski definition) is 6. The fourth-order valence-corrected chi connectivity index (χ4v) is 3.84. The fourth-order valence-electron chi connectivity index (χ4n) is 3.84. The van der Waals surface area contributed by atoms with Gasteiger partial charge in [-0.15, -0.1) is 0 Å². The zero-order chi connectivity index (χ0) is 19.2. The summed E-state index contributed by atoms with van der Waals surface area (Å²) in [6.45, 7) is 7.41. The number of anilines is 1. The molecular weight excluding hydrogens is 362 g/mol. The summed E-state index contributed by atoms with van der Waals surface area (Å²) < 4.78 is 22.1. The first-order chi connectivity index (χ1) is 13.8. The third-order valence-electron chi connectivity index (χ3n) is 5.45. The van der Waals surface area contributed by atoms with Gasteiger partial charge in [0.1, 0.15) is 13.2 Å². The van der Waals surface area contributed by atoms with Gasteiger partial charge >= 0.3 is 6.03 Å². The van der Waals surface area contributed by atoms with Gasteiger partial charge in [-0.05, 0) is 25.0 Å². The molecule has 0 spiro atoms. The van der Waals surface area contributed by atoms with Gasteiger partial charge in [-0.2, -0.15) is 0 Å². The summed E-state index contributed by atoms with van der Waals surface area (Å²) in [7, 11) is 0. The van der Waals surface area contributed by atoms with E-state index in [1.165, 1.54) is 0 Å². The van der Waals surface area contributed by atoms with E-state index in [1.54, 1.807) is 0 Å². The quantitative estimate of drug-likeness (QED) is 0.825. The average Bonchev–Trinajstić information content (AvgIpc) is 2.75. The lowest BCUT2D eigenvalue weighted by Gasteiger charge is -2.36. The minimum Gasteiger partial charge on any atom is -0.486 e. The Hall–Kier alpha value is -2.03. The molecule has 0 saturated carbocycles. The van der Waals surface area contributed by atoms with E-state index in [9.17, 15) is 4.79 Å². The van der Waals surface area contributed by atoms with Crippen LogP contribution in [0.15, 0.2) is 18.2 Å². The van der Waals surface area contributed by atoms with Crippen molar-refractivity contribution in [1.82, 2.24) is 9.80 Å². The Kier molecular flexibility index (Phi) is 6.51. The molecule has 8 nitrogen and oxygen atoms in total. The number of carbonyl (C=O) groups excluding carboxylic acids is 1. The SMILES string of the molecule is O=C(Nc1ccc2c(c1)OCCO2)N(CCN1CCOCC1)C1CCOCC1. The Balaban J connectivity index is 1.41. The largest absolute Gasteiger partial charge is 0.486 e. The van der Waals surface area contributed by atoms with Gasteiger partial charge in [0.15, 0.2) is 11.5 Å². The van der Waals surface area contributed by atoms with Crippen LogP contribution >= 0.6 is 0 Å². The van der Waals surface area contributed by atoms with E-state index in [2.05, 4.69) is 10.2 Å². The Morgan fingerprint density at radius 1 is 1.00 bits per heavy atom. The number of fused-ring (bicyclic) bond motifs is 1. The Morgan fingerprint density at radius 3 is 2.50 bits per heavy atom. The second kappa shape index (κ2) is 9.45. The lowest BCUT2D eigenvalue weighted by atomic mass is 10.1. The molecule has 2 saturated heterocycles. The van der Waals surface area contributed by atoms with Crippen LogP contribution in [0.2, 0.25) is 0 Å². The third-order valence-corrected chi connectivity index (χ3v) is 5.45. The highest BCUT2D eigenvalue weighted by Crippen LogP contribution is 2.32. The zero-order valence-corrected chi connectivity index (χ0v) is 16.2. The molecule has 0 aromatic heterocycles. The van der Waals surface area contributed by atoms with Gasteiger partial charge in [0, 0.05) is 57.2 Å². The van der Waals surface area contributed by atoms with Crippen LogP contribution in [-0.4, -0.2) is 87.7 Å². The minimum atomic E-state index is -0.0724. The maximum Gasteiger partial charge on any atom is 0.322 e. The zero-order valence-electron chi connectivity index (χ0n) is 16.2. The number of morpholine rings is 1. The molecule has 28 heavy (non-hydrogen) atoms. The first-order valence-corrected chi connectivity index (χ1v) is 10.1. The van der Waals surface area contributed by atoms with E-state index < -0.39 is 0 Å². The van der Waals surface area contributed by atoms with Crippen LogP contribution < -0.4 is 14.8 Å². The molecule has 2 fully saturated rings. The molecule has 1 aromatic rings. The van der Waals surface area contributed by atoms with Gasteiger partial charge in [-0.1, -0.05) is 0 Å². The maximum absolute atomic E-state index is 13.1. The molecule has 1 aromatic carbocycles. The molecule has 0 radical (unpaired) electrons. The van der Waals surface area contributed by atoms with Crippen molar-refractivity contribution < 1.29 is 23.7 Å². The van der Waals surface area contributed by atoms with E-state index in [0.29, 0.717) is 38.7 Å². The van der Waals surface area contributed by atoms with Gasteiger partial charge in [-0.3, -0.25) is 4.90 Å². The summed E-state index contributed by atoms with van der Waals surface area (Å²) in [6.07, 6.45) is 1.75. The highest BCUT2D eigenvalue weighted by molar-refractivity contribution is 5.90. The molecule has 2 amide bonds. The number of nitrogens with one attached hydrogen (secondary N) is 1. The van der Waals surface area contributed by atoms with Crippen LogP contribution in [0.1, 0.15) is 12.8 Å². The Bertz CT molecular complexity index is 659. The number of rotatable bonds is 5. The van der Waals surface area contributed by atoms with Crippen LogP contribution in [0.5, 0.6) is 11.5 Å². The number of nitrogens with zero attached hydrogens (tertiary/aromatic N) is 2. The van der Waals surface area contributed by atoms with Gasteiger partial charge in [-0.25, -0.2) is 4.79 Å². The van der Waals surface area contributed by atoms with Crippen LogP contribution in [0.3, 0.4) is 0 Å². The highest BCUT2D eigenvalue weighted by atomic mass is 16.6. The smallest absolute Gasteiger partial charge is 0.322 e. The summed E-state index contributed by atoms with van der Waals surface area (Å²) in [5, 5.41) is 3.04. The van der Waals surface area contributed by atoms with E-state index in [1.807, 2.05) is 23.1 Å². The van der Waals surface area contributed by atoms with E-state index in [-0.39, 0.29) is 12.1 Å². The maximum atomic E-state index is 13.1. The number of urea groups is 1. The molecule has 0 atom stereocenters. The predicted molar refractivity (Wildman–Crippen MR) is 104 cm³/mol. The molecular formula is C20H29N3O5. The lowest BCUT2D eigenvalue weighted by molar-refractivity contribution is 0.0238. The molecule has 1 N–H and O–H groups in total. The van der Waals surface area contributed by atoms with Crippen molar-refractivity contribution in [3.05, 3.63) is 18.2 Å². The highest BCUT2D eigenvalue weighted by Gasteiger charge is 2.27. The Labute approximate surface area is 165 Å². The van der Waals surface area contributed by atoms with Crippen LogP contribution in [0, 0.1) is 0 Å². The van der Waals surface area contributed by atoms with Crippen molar-refractivity contribution in [2.75, 3.05) is 71.1 Å². The molecule has 8 heteroatoms. The van der Waals surface area contributed by atoms with Crippen molar-refractivity contribution in [3.63, 3.8) is 0 Å². The van der Waals surface area contributed by atoms with E-state index in [4.69, 9.17) is 18.9 Å². The standard InChI is InChI=1S/C20H29N3O5/c24-20(21-16-1-2-18-19(15-16)28-14-13-27-18)23(17-3-9-25-10-4-17)6-5-22-7-11-26-12-8-22/h1-2,15,17H,3-14H2,(H,21,24). The van der Waals surface area contributed by atoms with Crippen molar-refractivity contribution in [1.29, 1.82) is 0 Å². The molecule has 3 aliphatic heterocycles. The van der Waals surface area contributed by atoms with Crippen molar-refractivity contribution in [2.24, 2.45) is 0 Å². The van der Waals surface area contributed by atoms with Crippen LogP contribution in [-0.2, 0) is 9.47 Å². The number of amides is 2. The van der Waals surface area contributed by atoms with Crippen molar-refractivity contribution in [2.45, 2.75) is 18.9 Å². The summed E-state index contributed by atoms with van der Waals surface area (Å²) in [5.41, 5.74) is 0.720. The number of benzene rings is 1. The molecule has 154 valence electrons. The van der Waals surface area contributed by atoms with Gasteiger partial charge < -0.3 is 29.2 Å². The number of hydrogen-bond donors (Lipinski definition) is 1. The lowest BCUT2D eigenvalue weighted by Crippen LogP contribution is -2.49. The van der Waals surface area contributed by atoms with Gasteiger partial charge in [0.25, 0.3) is 0 Å². The first-order valence-electron chi connectivity index (χ1n) is 10.1. The summed E-state index contributed by atoms with van der Waals surface area (Å²) in [6, 6.07) is 5.66. The minimum absolute atomic E-state index is 0.0724. The normalized spacial score (nSPS) is 20.6. The molecule has 0 aliphatic carbocycles. The fraction of sp³-hybridized carbons (Fsp3) is 0.650. The number of carbonyl (C=O) groups is 1. The van der Waals surface area contributed by atoms with E-state index >= 15 is 0 Å². The van der Waals surface area contributed by atoms with Gasteiger partial charge in [0.05, 0.1) is 13.2 Å². The molecule has 3 aliphatic rings. The summed E-state index contributed by atoms with van der Waals surface area (Å²) in [4.78, 5) is 17.4. The monoisotopic (exact) mass is 391 g/mol.